The van der Waals surface area contributed by atoms with E-state index in [1.165, 1.54) is 30.5 Å². The number of unbranched alkanes of at least 4 members (excludes halogenated alkanes) is 1. The number of nitrogens with zero attached hydrogens (tertiary/aromatic N) is 3. The number of carbonyl (C=O) groups excluding carboxylic acids is 1. The molecule has 3 aliphatic rings. The van der Waals surface area contributed by atoms with Crippen LogP contribution >= 0.6 is 0 Å². The van der Waals surface area contributed by atoms with E-state index in [-0.39, 0.29) is 17.9 Å². The Kier molecular flexibility index (Phi) is 7.26. The van der Waals surface area contributed by atoms with Gasteiger partial charge in [0.25, 0.3) is 0 Å². The summed E-state index contributed by atoms with van der Waals surface area (Å²) in [7, 11) is 0. The van der Waals surface area contributed by atoms with Crippen molar-refractivity contribution < 1.29 is 9.53 Å². The van der Waals surface area contributed by atoms with E-state index in [1.807, 2.05) is 6.20 Å². The lowest BCUT2D eigenvalue weighted by Crippen LogP contribution is -2.33. The lowest BCUT2D eigenvalue weighted by Gasteiger charge is -2.28. The number of hydrogen-bond donors (Lipinski definition) is 1. The van der Waals surface area contributed by atoms with Gasteiger partial charge in [-0.15, -0.1) is 0 Å². The summed E-state index contributed by atoms with van der Waals surface area (Å²) in [5, 5.41) is 3.42. The maximum absolute atomic E-state index is 12.7. The number of rotatable bonds is 10. The molecular formula is C28H38N4O2. The van der Waals surface area contributed by atoms with Crippen LogP contribution in [0.25, 0.3) is 0 Å². The molecule has 1 N–H and O–H groups in total. The van der Waals surface area contributed by atoms with E-state index in [0.29, 0.717) is 5.92 Å². The van der Waals surface area contributed by atoms with E-state index < -0.39 is 0 Å². The number of fused-ring (bicyclic) bond motifs is 1. The maximum Gasteiger partial charge on any atom is 0.151 e. The van der Waals surface area contributed by atoms with Gasteiger partial charge in [-0.3, -0.25) is 14.7 Å². The molecule has 0 amide bonds. The highest BCUT2D eigenvalue weighted by Crippen LogP contribution is 2.43. The molecule has 34 heavy (non-hydrogen) atoms. The van der Waals surface area contributed by atoms with Crippen LogP contribution in [0.15, 0.2) is 24.4 Å². The van der Waals surface area contributed by atoms with E-state index in [4.69, 9.17) is 14.7 Å². The van der Waals surface area contributed by atoms with Crippen LogP contribution in [-0.4, -0.2) is 53.0 Å². The van der Waals surface area contributed by atoms with Gasteiger partial charge in [0.15, 0.2) is 5.78 Å². The second-order valence-corrected chi connectivity index (χ2v) is 10.3. The Balaban J connectivity index is 1.10. The Morgan fingerprint density at radius 3 is 2.97 bits per heavy atom. The summed E-state index contributed by atoms with van der Waals surface area (Å²) >= 11 is 0. The molecule has 1 saturated heterocycles. The number of nitrogens with one attached hydrogen (secondary N) is 1. The smallest absolute Gasteiger partial charge is 0.151 e. The Labute approximate surface area is 203 Å². The quantitative estimate of drug-likeness (QED) is 0.513. The molecule has 6 heteroatoms. The van der Waals surface area contributed by atoms with Crippen LogP contribution in [0.5, 0.6) is 0 Å². The van der Waals surface area contributed by atoms with Crippen LogP contribution in [0.1, 0.15) is 85.5 Å². The molecule has 1 saturated carbocycles. The Hall–Kier alpha value is -2.31. The van der Waals surface area contributed by atoms with Crippen LogP contribution in [0.4, 0.5) is 5.82 Å². The van der Waals surface area contributed by atoms with Gasteiger partial charge in [0.2, 0.25) is 0 Å². The fraction of sp³-hybridized carbons (Fsp3) is 0.607. The highest BCUT2D eigenvalue weighted by atomic mass is 16.5. The molecule has 2 atom stereocenters. The number of aryl methyl sites for hydroxylation is 3. The summed E-state index contributed by atoms with van der Waals surface area (Å²) < 4.78 is 6.24. The fourth-order valence-electron chi connectivity index (χ4n) is 5.48. The molecule has 2 aliphatic heterocycles. The number of carbonyl (C=O) groups is 1. The molecule has 1 unspecified atom stereocenters. The predicted octanol–water partition coefficient (Wildman–Crippen LogP) is 4.76. The molecule has 1 aliphatic carbocycles. The SMILES string of the molecule is CC(=O)C(c1cc(C)cnc1C1CC1)N1CC[C@@H](OCCCCc2ccc3c(n2)NCCC3)C1. The zero-order valence-electron chi connectivity index (χ0n) is 20.7. The first-order valence-corrected chi connectivity index (χ1v) is 13.1. The Morgan fingerprint density at radius 1 is 1.26 bits per heavy atom. The first kappa shape index (κ1) is 23.4. The van der Waals surface area contributed by atoms with Crippen molar-refractivity contribution in [2.75, 3.05) is 31.6 Å². The molecule has 5 rings (SSSR count). The summed E-state index contributed by atoms with van der Waals surface area (Å²) in [5.41, 5.74) is 5.91. The van der Waals surface area contributed by atoms with Gasteiger partial charge in [-0.2, -0.15) is 0 Å². The fourth-order valence-corrected chi connectivity index (χ4v) is 5.48. The van der Waals surface area contributed by atoms with Crippen molar-refractivity contribution in [3.8, 4) is 0 Å². The van der Waals surface area contributed by atoms with Gasteiger partial charge in [-0.25, -0.2) is 4.98 Å². The normalized spacial score (nSPS) is 21.2. The molecule has 0 radical (unpaired) electrons. The van der Waals surface area contributed by atoms with Crippen LogP contribution in [0, 0.1) is 6.92 Å². The minimum absolute atomic E-state index is 0.194. The highest BCUT2D eigenvalue weighted by Gasteiger charge is 2.37. The average molecular weight is 463 g/mol. The van der Waals surface area contributed by atoms with Crippen LogP contribution < -0.4 is 5.32 Å². The summed E-state index contributed by atoms with van der Waals surface area (Å²) in [6.07, 6.45) is 11.0. The van der Waals surface area contributed by atoms with Gasteiger partial charge in [-0.05, 0) is 88.0 Å². The second-order valence-electron chi connectivity index (χ2n) is 10.3. The zero-order valence-corrected chi connectivity index (χ0v) is 20.7. The van der Waals surface area contributed by atoms with Crippen LogP contribution in [-0.2, 0) is 22.4 Å². The number of Topliss-reactive ketones (excluding diaryl/α,β-unsaturated/α-hetero) is 1. The summed E-state index contributed by atoms with van der Waals surface area (Å²) in [5.74, 6) is 1.83. The van der Waals surface area contributed by atoms with Crippen molar-refractivity contribution in [2.45, 2.75) is 83.3 Å². The van der Waals surface area contributed by atoms with Crippen molar-refractivity contribution in [3.05, 3.63) is 52.5 Å². The molecule has 182 valence electrons. The second kappa shape index (κ2) is 10.5. The number of aromatic nitrogens is 2. The number of pyridine rings is 2. The lowest BCUT2D eigenvalue weighted by molar-refractivity contribution is -0.122. The van der Waals surface area contributed by atoms with Crippen molar-refractivity contribution >= 4 is 11.6 Å². The number of anilines is 1. The van der Waals surface area contributed by atoms with E-state index in [1.54, 1.807) is 6.92 Å². The van der Waals surface area contributed by atoms with Gasteiger partial charge in [0, 0.05) is 49.7 Å². The lowest BCUT2D eigenvalue weighted by atomic mass is 9.97. The number of ether oxygens (including phenoxy) is 1. The van der Waals surface area contributed by atoms with E-state index in [2.05, 4.69) is 35.3 Å². The number of ketones is 1. The third kappa shape index (κ3) is 5.49. The number of hydrogen-bond acceptors (Lipinski definition) is 6. The molecule has 4 heterocycles. The van der Waals surface area contributed by atoms with Gasteiger partial charge < -0.3 is 10.1 Å². The Bertz CT molecular complexity index is 1020. The minimum Gasteiger partial charge on any atom is -0.377 e. The van der Waals surface area contributed by atoms with E-state index in [0.717, 1.165) is 81.0 Å². The highest BCUT2D eigenvalue weighted by molar-refractivity contribution is 5.83. The third-order valence-electron chi connectivity index (χ3n) is 7.40. The van der Waals surface area contributed by atoms with Gasteiger partial charge in [-0.1, -0.05) is 12.1 Å². The van der Waals surface area contributed by atoms with Gasteiger partial charge in [0.05, 0.1) is 12.1 Å². The maximum atomic E-state index is 12.7. The summed E-state index contributed by atoms with van der Waals surface area (Å²) in [4.78, 5) is 24.6. The molecule has 2 aromatic rings. The van der Waals surface area contributed by atoms with E-state index >= 15 is 0 Å². The van der Waals surface area contributed by atoms with Gasteiger partial charge in [0.1, 0.15) is 5.82 Å². The molecule has 0 spiro atoms. The molecule has 2 fully saturated rings. The summed E-state index contributed by atoms with van der Waals surface area (Å²) in [6, 6.07) is 6.40. The monoisotopic (exact) mass is 462 g/mol. The summed E-state index contributed by atoms with van der Waals surface area (Å²) in [6.45, 7) is 7.31. The van der Waals surface area contributed by atoms with Crippen molar-refractivity contribution in [1.29, 1.82) is 0 Å². The standard InChI is InChI=1S/C28H38N4O2/c1-19-16-25(26(30-17-19)21-8-9-21)27(20(2)33)32-14-12-24(18-32)34-15-4-3-7-23-11-10-22-6-5-13-29-28(22)31-23/h10-11,16-17,21,24,27H,3-9,12-15,18H2,1-2H3,(H,29,31)/t24-,27?/m1/s1. The van der Waals surface area contributed by atoms with Crippen molar-refractivity contribution in [1.82, 2.24) is 14.9 Å². The molecule has 0 aromatic carbocycles. The van der Waals surface area contributed by atoms with Crippen LogP contribution in [0.3, 0.4) is 0 Å². The zero-order chi connectivity index (χ0) is 23.5. The minimum atomic E-state index is -0.194. The van der Waals surface area contributed by atoms with Crippen LogP contribution in [0.2, 0.25) is 0 Å². The molecule has 0 bridgehead atoms. The largest absolute Gasteiger partial charge is 0.377 e. The molecule has 6 nitrogen and oxygen atoms in total. The first-order chi connectivity index (χ1) is 16.6. The Morgan fingerprint density at radius 2 is 2.15 bits per heavy atom. The van der Waals surface area contributed by atoms with E-state index in [9.17, 15) is 4.79 Å². The number of likely N-dealkylation sites (tertiary alicyclic amines) is 1. The molecular weight excluding hydrogens is 424 g/mol. The first-order valence-electron chi connectivity index (χ1n) is 13.1. The molecule has 2 aromatic heterocycles. The predicted molar refractivity (Wildman–Crippen MR) is 134 cm³/mol. The third-order valence-corrected chi connectivity index (χ3v) is 7.40. The average Bonchev–Trinajstić information content (AvgIpc) is 3.57. The van der Waals surface area contributed by atoms with Crippen molar-refractivity contribution in [3.63, 3.8) is 0 Å². The topological polar surface area (TPSA) is 67.4 Å². The van der Waals surface area contributed by atoms with Crippen molar-refractivity contribution in [2.24, 2.45) is 0 Å². The van der Waals surface area contributed by atoms with Gasteiger partial charge >= 0.3 is 0 Å².